The molecule has 0 radical (unpaired) electrons. The van der Waals surface area contributed by atoms with E-state index in [0.717, 1.165) is 0 Å². The van der Waals surface area contributed by atoms with E-state index in [1.807, 2.05) is 5.32 Å². The van der Waals surface area contributed by atoms with Crippen molar-refractivity contribution in [2.45, 2.75) is 63.9 Å². The SMILES string of the molecule is CC(C)C(NC(=O)C(CC(N)=O)NC(=O)C(CC(=O)O)NC(=O)C(N)C(C)O)C(=O)O. The highest BCUT2D eigenvalue weighted by Gasteiger charge is 2.33. The van der Waals surface area contributed by atoms with Crippen molar-refractivity contribution in [2.75, 3.05) is 0 Å². The molecule has 14 nitrogen and oxygen atoms in total. The third-order valence-electron chi connectivity index (χ3n) is 4.10. The number of hydrogen-bond acceptors (Lipinski definition) is 8. The van der Waals surface area contributed by atoms with Gasteiger partial charge in [0, 0.05) is 0 Å². The summed E-state index contributed by atoms with van der Waals surface area (Å²) < 4.78 is 0. The average molecular weight is 447 g/mol. The number of primary amides is 1. The van der Waals surface area contributed by atoms with E-state index in [1.165, 1.54) is 20.8 Å². The Bertz CT molecular complexity index is 710. The molecule has 0 bridgehead atoms. The summed E-state index contributed by atoms with van der Waals surface area (Å²) in [7, 11) is 0. The number of carbonyl (C=O) groups excluding carboxylic acids is 4. The Kier molecular flexibility index (Phi) is 11.1. The molecule has 10 N–H and O–H groups in total. The van der Waals surface area contributed by atoms with Gasteiger partial charge in [-0.25, -0.2) is 4.79 Å². The van der Waals surface area contributed by atoms with Gasteiger partial charge in [-0.05, 0) is 12.8 Å². The Labute approximate surface area is 177 Å². The van der Waals surface area contributed by atoms with Crippen molar-refractivity contribution < 1.29 is 44.1 Å². The van der Waals surface area contributed by atoms with Gasteiger partial charge >= 0.3 is 11.9 Å². The average Bonchev–Trinajstić information content (AvgIpc) is 2.62. The molecule has 0 aliphatic heterocycles. The second kappa shape index (κ2) is 12.4. The molecule has 0 aliphatic carbocycles. The first-order valence-electron chi connectivity index (χ1n) is 9.25. The van der Waals surface area contributed by atoms with Crippen LogP contribution in [0.3, 0.4) is 0 Å². The summed E-state index contributed by atoms with van der Waals surface area (Å²) in [5.74, 6) is -7.61. The quantitative estimate of drug-likeness (QED) is 0.137. The summed E-state index contributed by atoms with van der Waals surface area (Å²) in [6.07, 6.45) is -2.92. The number of carbonyl (C=O) groups is 6. The number of hydrogen-bond donors (Lipinski definition) is 8. The summed E-state index contributed by atoms with van der Waals surface area (Å²) in [4.78, 5) is 70.6. The first-order valence-corrected chi connectivity index (χ1v) is 9.25. The van der Waals surface area contributed by atoms with Crippen molar-refractivity contribution >= 4 is 35.6 Å². The molecule has 5 atom stereocenters. The summed E-state index contributed by atoms with van der Waals surface area (Å²) in [6, 6.07) is -6.14. The number of aliphatic hydroxyl groups is 1. The largest absolute Gasteiger partial charge is 0.481 e. The number of aliphatic carboxylic acids is 2. The minimum absolute atomic E-state index is 0.535. The normalized spacial score (nSPS) is 15.7. The monoisotopic (exact) mass is 447 g/mol. The molecule has 0 heterocycles. The van der Waals surface area contributed by atoms with E-state index in [-0.39, 0.29) is 0 Å². The van der Waals surface area contributed by atoms with Crippen molar-refractivity contribution in [1.29, 1.82) is 0 Å². The van der Waals surface area contributed by atoms with E-state index in [4.69, 9.17) is 16.6 Å². The molecule has 0 rings (SSSR count). The molecule has 31 heavy (non-hydrogen) atoms. The Morgan fingerprint density at radius 2 is 1.26 bits per heavy atom. The highest BCUT2D eigenvalue weighted by atomic mass is 16.4. The zero-order valence-electron chi connectivity index (χ0n) is 17.3. The molecule has 0 saturated carbocycles. The minimum atomic E-state index is -1.71. The molecular formula is C17H29N5O9. The third kappa shape index (κ3) is 9.86. The number of amides is 4. The molecule has 14 heteroatoms. The fourth-order valence-corrected chi connectivity index (χ4v) is 2.32. The standard InChI is InChI=1S/C17H29N5O9/c1-6(2)13(17(30)31)22-15(28)8(4-10(18)24)20-14(27)9(5-11(25)26)21-16(29)12(19)7(3)23/h6-9,12-13,23H,4-5,19H2,1-3H3,(H2,18,24)(H,20,27)(H,21,29)(H,22,28)(H,25,26)(H,30,31). The lowest BCUT2D eigenvalue weighted by atomic mass is 10.0. The molecule has 0 aliphatic rings. The summed E-state index contributed by atoms with van der Waals surface area (Å²) in [5, 5.41) is 33.8. The Morgan fingerprint density at radius 1 is 0.806 bits per heavy atom. The molecule has 0 saturated heterocycles. The second-order valence-electron chi connectivity index (χ2n) is 7.23. The predicted molar refractivity (Wildman–Crippen MR) is 104 cm³/mol. The lowest BCUT2D eigenvalue weighted by Gasteiger charge is -2.25. The number of nitrogens with two attached hydrogens (primary N) is 2. The van der Waals surface area contributed by atoms with E-state index >= 15 is 0 Å². The van der Waals surface area contributed by atoms with Crippen LogP contribution in [0.15, 0.2) is 0 Å². The van der Waals surface area contributed by atoms with Crippen molar-refractivity contribution in [3.8, 4) is 0 Å². The maximum Gasteiger partial charge on any atom is 0.326 e. The van der Waals surface area contributed by atoms with Gasteiger partial charge in [0.05, 0.1) is 18.9 Å². The topological polar surface area (TPSA) is 251 Å². The van der Waals surface area contributed by atoms with Crippen LogP contribution in [0, 0.1) is 5.92 Å². The van der Waals surface area contributed by atoms with Crippen molar-refractivity contribution in [3.05, 3.63) is 0 Å². The lowest BCUT2D eigenvalue weighted by molar-refractivity contribution is -0.144. The first-order chi connectivity index (χ1) is 14.2. The maximum atomic E-state index is 12.5. The first kappa shape index (κ1) is 27.7. The molecule has 0 aromatic carbocycles. The van der Waals surface area contributed by atoms with E-state index in [0.29, 0.717) is 0 Å². The van der Waals surface area contributed by atoms with Gasteiger partial charge in [0.2, 0.25) is 23.6 Å². The third-order valence-corrected chi connectivity index (χ3v) is 4.10. The van der Waals surface area contributed by atoms with Crippen LogP contribution < -0.4 is 27.4 Å². The fourth-order valence-electron chi connectivity index (χ4n) is 2.32. The molecular weight excluding hydrogens is 418 g/mol. The predicted octanol–water partition coefficient (Wildman–Crippen LogP) is -3.76. The molecule has 0 aromatic heterocycles. The molecule has 0 aromatic rings. The summed E-state index contributed by atoms with van der Waals surface area (Å²) in [5.41, 5.74) is 10.5. The number of carboxylic acid groups (broad SMARTS) is 2. The summed E-state index contributed by atoms with van der Waals surface area (Å²) >= 11 is 0. The second-order valence-corrected chi connectivity index (χ2v) is 7.23. The number of nitrogens with one attached hydrogen (secondary N) is 3. The fraction of sp³-hybridized carbons (Fsp3) is 0.647. The van der Waals surface area contributed by atoms with Crippen LogP contribution in [-0.2, 0) is 28.8 Å². The van der Waals surface area contributed by atoms with Crippen LogP contribution in [0.2, 0.25) is 0 Å². The van der Waals surface area contributed by atoms with Crippen molar-refractivity contribution in [1.82, 2.24) is 16.0 Å². The zero-order valence-corrected chi connectivity index (χ0v) is 17.3. The van der Waals surface area contributed by atoms with Gasteiger partial charge < -0.3 is 42.7 Å². The van der Waals surface area contributed by atoms with E-state index < -0.39 is 84.6 Å². The number of carboxylic acids is 2. The summed E-state index contributed by atoms with van der Waals surface area (Å²) in [6.45, 7) is 4.24. The number of aliphatic hydroxyl groups excluding tert-OH is 1. The Balaban J connectivity index is 5.56. The van der Waals surface area contributed by atoms with Crippen LogP contribution in [0.4, 0.5) is 0 Å². The van der Waals surface area contributed by atoms with E-state index in [2.05, 4.69) is 10.6 Å². The van der Waals surface area contributed by atoms with Gasteiger partial charge in [-0.15, -0.1) is 0 Å². The number of rotatable bonds is 13. The van der Waals surface area contributed by atoms with Crippen LogP contribution in [0.25, 0.3) is 0 Å². The van der Waals surface area contributed by atoms with Crippen LogP contribution in [0.1, 0.15) is 33.6 Å². The molecule has 176 valence electrons. The van der Waals surface area contributed by atoms with Crippen LogP contribution >= 0.6 is 0 Å². The van der Waals surface area contributed by atoms with Gasteiger partial charge in [0.15, 0.2) is 0 Å². The van der Waals surface area contributed by atoms with E-state index in [1.54, 1.807) is 0 Å². The van der Waals surface area contributed by atoms with Gasteiger partial charge in [-0.3, -0.25) is 24.0 Å². The van der Waals surface area contributed by atoms with Crippen molar-refractivity contribution in [3.63, 3.8) is 0 Å². The Morgan fingerprint density at radius 3 is 1.65 bits per heavy atom. The minimum Gasteiger partial charge on any atom is -0.481 e. The van der Waals surface area contributed by atoms with E-state index in [9.17, 15) is 39.0 Å². The molecule has 5 unspecified atom stereocenters. The van der Waals surface area contributed by atoms with Gasteiger partial charge in [-0.2, -0.15) is 0 Å². The van der Waals surface area contributed by atoms with Gasteiger partial charge in [0.1, 0.15) is 24.2 Å². The van der Waals surface area contributed by atoms with Gasteiger partial charge in [0.25, 0.3) is 0 Å². The Hall–Kier alpha value is -3.26. The molecule has 0 fully saturated rings. The lowest BCUT2D eigenvalue weighted by Crippen LogP contribution is -2.59. The highest BCUT2D eigenvalue weighted by Crippen LogP contribution is 2.05. The van der Waals surface area contributed by atoms with Gasteiger partial charge in [-0.1, -0.05) is 13.8 Å². The van der Waals surface area contributed by atoms with Crippen LogP contribution in [-0.4, -0.2) is 81.2 Å². The van der Waals surface area contributed by atoms with Crippen molar-refractivity contribution in [2.24, 2.45) is 17.4 Å². The molecule has 0 spiro atoms. The maximum absolute atomic E-state index is 12.5. The zero-order chi connectivity index (χ0) is 24.5. The molecule has 4 amide bonds. The highest BCUT2D eigenvalue weighted by molar-refractivity contribution is 5.97. The smallest absolute Gasteiger partial charge is 0.326 e. The van der Waals surface area contributed by atoms with Crippen LogP contribution in [0.5, 0.6) is 0 Å².